The van der Waals surface area contributed by atoms with Gasteiger partial charge < -0.3 is 14.2 Å². The number of methoxy groups -OCH3 is 1. The number of nitrogens with zero attached hydrogens (tertiary/aromatic N) is 2. The van der Waals surface area contributed by atoms with Gasteiger partial charge in [-0.1, -0.05) is 0 Å². The Morgan fingerprint density at radius 3 is 2.90 bits per heavy atom. The zero-order chi connectivity index (χ0) is 22.0. The van der Waals surface area contributed by atoms with Gasteiger partial charge in [0.15, 0.2) is 16.6 Å². The molecule has 2 heterocycles. The maximum Gasteiger partial charge on any atom is 0.286 e. The first-order chi connectivity index (χ1) is 15.0. The molecule has 3 aromatic rings. The first kappa shape index (κ1) is 20.6. The number of carbonyl (C=O) groups is 1. The highest BCUT2D eigenvalue weighted by atomic mass is 32.1. The zero-order valence-corrected chi connectivity index (χ0v) is 17.7. The smallest absolute Gasteiger partial charge is 0.286 e. The average molecular weight is 441 g/mol. The largest absolute Gasteiger partial charge is 0.493 e. The van der Waals surface area contributed by atoms with Crippen LogP contribution >= 0.6 is 11.3 Å². The highest BCUT2D eigenvalue weighted by Crippen LogP contribution is 2.36. The number of nitrogens with one attached hydrogen (secondary N) is 1. The van der Waals surface area contributed by atoms with E-state index in [9.17, 15) is 14.9 Å². The molecule has 0 aliphatic carbocycles. The number of ether oxygens (including phenoxy) is 3. The van der Waals surface area contributed by atoms with Crippen LogP contribution < -0.4 is 19.5 Å². The Morgan fingerprint density at radius 2 is 2.16 bits per heavy atom. The van der Waals surface area contributed by atoms with Gasteiger partial charge in [0.05, 0.1) is 37.0 Å². The first-order valence-corrected chi connectivity index (χ1v) is 10.4. The predicted octanol–water partition coefficient (Wildman–Crippen LogP) is 4.31. The number of thiazole rings is 1. The summed E-state index contributed by atoms with van der Waals surface area (Å²) in [4.78, 5) is 28.2. The van der Waals surface area contributed by atoms with Crippen molar-refractivity contribution in [2.45, 2.75) is 13.3 Å². The molecule has 0 saturated carbocycles. The van der Waals surface area contributed by atoms with Gasteiger partial charge in [0.25, 0.3) is 11.6 Å². The Bertz CT molecular complexity index is 1160. The van der Waals surface area contributed by atoms with E-state index in [1.165, 1.54) is 30.6 Å². The van der Waals surface area contributed by atoms with Crippen LogP contribution in [0.15, 0.2) is 35.7 Å². The summed E-state index contributed by atoms with van der Waals surface area (Å²) >= 11 is 1.24. The van der Waals surface area contributed by atoms with Gasteiger partial charge >= 0.3 is 0 Å². The van der Waals surface area contributed by atoms with Gasteiger partial charge in [0.1, 0.15) is 11.3 Å². The number of hydrogen-bond donors (Lipinski definition) is 1. The highest BCUT2D eigenvalue weighted by molar-refractivity contribution is 7.14. The molecule has 0 bridgehead atoms. The fourth-order valence-corrected chi connectivity index (χ4v) is 4.00. The Kier molecular flexibility index (Phi) is 5.72. The molecule has 31 heavy (non-hydrogen) atoms. The third kappa shape index (κ3) is 4.15. The Morgan fingerprint density at radius 1 is 1.32 bits per heavy atom. The minimum Gasteiger partial charge on any atom is -0.493 e. The van der Waals surface area contributed by atoms with E-state index in [0.29, 0.717) is 24.0 Å². The number of fused-ring (bicyclic) bond motifs is 1. The summed E-state index contributed by atoms with van der Waals surface area (Å²) in [5.74, 6) is 0.658. The summed E-state index contributed by atoms with van der Waals surface area (Å²) in [7, 11) is 1.38. The topological polar surface area (TPSA) is 113 Å². The first-order valence-electron chi connectivity index (χ1n) is 9.52. The molecular weight excluding hydrogens is 422 g/mol. The number of nitro groups is 1. The number of anilines is 1. The minimum absolute atomic E-state index is 0.138. The molecule has 10 heteroatoms. The highest BCUT2D eigenvalue weighted by Gasteiger charge is 2.25. The van der Waals surface area contributed by atoms with E-state index in [1.54, 1.807) is 6.92 Å². The molecule has 0 spiro atoms. The van der Waals surface area contributed by atoms with E-state index in [-0.39, 0.29) is 22.7 Å². The van der Waals surface area contributed by atoms with Crippen LogP contribution in [-0.4, -0.2) is 36.1 Å². The van der Waals surface area contributed by atoms with E-state index >= 15 is 0 Å². The summed E-state index contributed by atoms with van der Waals surface area (Å²) in [6, 6.07) is 8.33. The summed E-state index contributed by atoms with van der Waals surface area (Å²) in [6.07, 6.45) is 0.847. The van der Waals surface area contributed by atoms with Gasteiger partial charge in [-0.15, -0.1) is 11.3 Å². The van der Waals surface area contributed by atoms with E-state index in [1.807, 2.05) is 23.6 Å². The molecule has 2 aromatic carbocycles. The van der Waals surface area contributed by atoms with Crippen molar-refractivity contribution in [2.24, 2.45) is 0 Å². The normalized spacial score (nSPS) is 12.1. The number of benzene rings is 2. The number of amides is 1. The van der Waals surface area contributed by atoms with Gasteiger partial charge in [-0.3, -0.25) is 20.2 Å². The molecule has 0 unspecified atom stereocenters. The molecule has 4 rings (SSSR count). The van der Waals surface area contributed by atoms with Crippen LogP contribution in [0.5, 0.6) is 17.2 Å². The molecule has 0 atom stereocenters. The minimum atomic E-state index is -0.654. The van der Waals surface area contributed by atoms with Crippen molar-refractivity contribution in [3.63, 3.8) is 0 Å². The number of carbonyl (C=O) groups excluding carboxylic acids is 1. The third-order valence-corrected chi connectivity index (χ3v) is 5.49. The lowest BCUT2D eigenvalue weighted by atomic mass is 10.1. The lowest BCUT2D eigenvalue weighted by Crippen LogP contribution is -2.14. The molecule has 160 valence electrons. The summed E-state index contributed by atoms with van der Waals surface area (Å²) in [5, 5.41) is 16.3. The standard InChI is InChI=1S/C21H19N3O6S/c1-3-29-19-9-14(16(24(26)27)10-18(19)28-2)20(25)23-21-22-15(11-31-21)12-4-5-17-13(8-12)6-7-30-17/h4-5,8-11H,3,6-7H2,1-2H3,(H,22,23,25). The molecule has 0 radical (unpaired) electrons. The number of aromatic nitrogens is 1. The lowest BCUT2D eigenvalue weighted by molar-refractivity contribution is -0.385. The second-order valence-corrected chi connectivity index (χ2v) is 7.48. The molecular formula is C21H19N3O6S. The van der Waals surface area contributed by atoms with E-state index in [0.717, 1.165) is 23.3 Å². The molecule has 1 aliphatic heterocycles. The fraction of sp³-hybridized carbons (Fsp3) is 0.238. The quantitative estimate of drug-likeness (QED) is 0.429. The van der Waals surface area contributed by atoms with Crippen molar-refractivity contribution in [3.05, 3.63) is 57.0 Å². The van der Waals surface area contributed by atoms with Gasteiger partial charge in [0.2, 0.25) is 0 Å². The maximum atomic E-state index is 12.8. The van der Waals surface area contributed by atoms with E-state index in [4.69, 9.17) is 14.2 Å². The summed E-state index contributed by atoms with van der Waals surface area (Å²) < 4.78 is 16.1. The second-order valence-electron chi connectivity index (χ2n) is 6.62. The van der Waals surface area contributed by atoms with Crippen LogP contribution in [0.4, 0.5) is 10.8 Å². The van der Waals surface area contributed by atoms with Crippen LogP contribution in [0.3, 0.4) is 0 Å². The van der Waals surface area contributed by atoms with Crippen molar-refractivity contribution in [3.8, 4) is 28.5 Å². The Labute approximate surface area is 181 Å². The van der Waals surface area contributed by atoms with Crippen molar-refractivity contribution in [1.82, 2.24) is 4.98 Å². The zero-order valence-electron chi connectivity index (χ0n) is 16.8. The Hall–Kier alpha value is -3.66. The molecule has 1 amide bonds. The third-order valence-electron chi connectivity index (χ3n) is 4.73. The maximum absolute atomic E-state index is 12.8. The summed E-state index contributed by atoms with van der Waals surface area (Å²) in [6.45, 7) is 2.75. The van der Waals surface area contributed by atoms with Gasteiger partial charge in [0, 0.05) is 23.4 Å². The van der Waals surface area contributed by atoms with Crippen LogP contribution in [0.25, 0.3) is 11.3 Å². The average Bonchev–Trinajstić information content (AvgIpc) is 3.42. The van der Waals surface area contributed by atoms with Crippen molar-refractivity contribution in [1.29, 1.82) is 0 Å². The van der Waals surface area contributed by atoms with Crippen molar-refractivity contribution in [2.75, 3.05) is 25.6 Å². The molecule has 1 aromatic heterocycles. The SMILES string of the molecule is CCOc1cc(C(=O)Nc2nc(-c3ccc4c(c3)CCO4)cs2)c([N+](=O)[O-])cc1OC. The molecule has 0 saturated heterocycles. The lowest BCUT2D eigenvalue weighted by Gasteiger charge is -2.11. The summed E-state index contributed by atoms with van der Waals surface area (Å²) in [5.41, 5.74) is 2.21. The number of rotatable bonds is 7. The molecule has 1 aliphatic rings. The van der Waals surface area contributed by atoms with Crippen LogP contribution in [0.1, 0.15) is 22.8 Å². The fourth-order valence-electron chi connectivity index (χ4n) is 3.28. The molecule has 0 fully saturated rings. The van der Waals surface area contributed by atoms with E-state index in [2.05, 4.69) is 10.3 Å². The number of nitro benzene ring substituents is 1. The molecule has 1 N–H and O–H groups in total. The second kappa shape index (κ2) is 8.60. The van der Waals surface area contributed by atoms with Crippen molar-refractivity contribution >= 4 is 28.1 Å². The number of hydrogen-bond acceptors (Lipinski definition) is 8. The van der Waals surface area contributed by atoms with Crippen molar-refractivity contribution < 1.29 is 23.9 Å². The Balaban J connectivity index is 1.60. The predicted molar refractivity (Wildman–Crippen MR) is 116 cm³/mol. The molecule has 9 nitrogen and oxygen atoms in total. The van der Waals surface area contributed by atoms with Crippen LogP contribution in [0, 0.1) is 10.1 Å². The van der Waals surface area contributed by atoms with Gasteiger partial charge in [-0.2, -0.15) is 0 Å². The van der Waals surface area contributed by atoms with E-state index < -0.39 is 10.8 Å². The van der Waals surface area contributed by atoms with Crippen LogP contribution in [-0.2, 0) is 6.42 Å². The monoisotopic (exact) mass is 441 g/mol. The van der Waals surface area contributed by atoms with Gasteiger partial charge in [-0.25, -0.2) is 4.98 Å². The van der Waals surface area contributed by atoms with Gasteiger partial charge in [-0.05, 0) is 30.7 Å². The van der Waals surface area contributed by atoms with Crippen LogP contribution in [0.2, 0.25) is 0 Å².